The van der Waals surface area contributed by atoms with Gasteiger partial charge in [0.15, 0.2) is 0 Å². The van der Waals surface area contributed by atoms with Crippen molar-refractivity contribution in [2.24, 2.45) is 0 Å². The maximum Gasteiger partial charge on any atom is 0.324 e. The second kappa shape index (κ2) is 5.40. The topological polar surface area (TPSA) is 35.6 Å². The van der Waals surface area contributed by atoms with Crippen LogP contribution < -0.4 is 10.2 Å². The summed E-state index contributed by atoms with van der Waals surface area (Å²) in [4.78, 5) is 15.9. The Bertz CT molecular complexity index is 429. The second-order valence-electron chi connectivity index (χ2n) is 4.77. The Kier molecular flexibility index (Phi) is 3.87. The van der Waals surface area contributed by atoms with Gasteiger partial charge in [0.05, 0.1) is 5.69 Å². The molecule has 0 bridgehead atoms. The molecule has 1 aliphatic heterocycles. The molecule has 1 heterocycles. The Morgan fingerprint density at radius 3 is 2.78 bits per heavy atom. The summed E-state index contributed by atoms with van der Waals surface area (Å²) in [6.45, 7) is 3.54. The number of nitrogens with one attached hydrogen (secondary N) is 1. The molecule has 0 fully saturated rings. The number of carbonyl (C=O) groups is 1. The fourth-order valence-corrected chi connectivity index (χ4v) is 2.36. The average molecular weight is 247 g/mol. The van der Waals surface area contributed by atoms with Crippen molar-refractivity contribution in [3.63, 3.8) is 0 Å². The molecule has 1 unspecified atom stereocenters. The van der Waals surface area contributed by atoms with Crippen LogP contribution in [-0.2, 0) is 6.54 Å². The third-order valence-corrected chi connectivity index (χ3v) is 3.55. The number of para-hydroxylation sites is 1. The first-order chi connectivity index (χ1) is 8.67. The van der Waals surface area contributed by atoms with Gasteiger partial charge in [0.25, 0.3) is 0 Å². The van der Waals surface area contributed by atoms with E-state index in [2.05, 4.69) is 18.3 Å². The predicted octanol–water partition coefficient (Wildman–Crippen LogP) is 2.06. The molecular formula is C14H21N3O. The van der Waals surface area contributed by atoms with Gasteiger partial charge < -0.3 is 10.2 Å². The number of urea groups is 1. The number of benzene rings is 1. The van der Waals surface area contributed by atoms with Crippen molar-refractivity contribution in [1.29, 1.82) is 0 Å². The van der Waals surface area contributed by atoms with E-state index in [1.54, 1.807) is 4.90 Å². The SMILES string of the molecule is CCC(CN1C(=O)N(C)Cc2ccccc21)NC. The van der Waals surface area contributed by atoms with Gasteiger partial charge in [-0.15, -0.1) is 0 Å². The van der Waals surface area contributed by atoms with E-state index >= 15 is 0 Å². The van der Waals surface area contributed by atoms with E-state index in [0.717, 1.165) is 12.1 Å². The summed E-state index contributed by atoms with van der Waals surface area (Å²) >= 11 is 0. The highest BCUT2D eigenvalue weighted by Crippen LogP contribution is 2.27. The first kappa shape index (κ1) is 12.9. The van der Waals surface area contributed by atoms with E-state index in [0.29, 0.717) is 19.1 Å². The highest BCUT2D eigenvalue weighted by Gasteiger charge is 2.28. The van der Waals surface area contributed by atoms with E-state index in [-0.39, 0.29) is 6.03 Å². The first-order valence-corrected chi connectivity index (χ1v) is 6.45. The molecule has 4 nitrogen and oxygen atoms in total. The minimum atomic E-state index is 0.0856. The fourth-order valence-electron chi connectivity index (χ4n) is 2.36. The molecule has 1 aromatic carbocycles. The van der Waals surface area contributed by atoms with Crippen molar-refractivity contribution in [2.75, 3.05) is 25.5 Å². The molecule has 1 atom stereocenters. The number of fused-ring (bicyclic) bond motifs is 1. The van der Waals surface area contributed by atoms with E-state index in [4.69, 9.17) is 0 Å². The van der Waals surface area contributed by atoms with Crippen molar-refractivity contribution in [3.05, 3.63) is 29.8 Å². The van der Waals surface area contributed by atoms with Gasteiger partial charge in [-0.25, -0.2) is 4.79 Å². The average Bonchev–Trinajstić information content (AvgIpc) is 2.40. The van der Waals surface area contributed by atoms with Crippen molar-refractivity contribution >= 4 is 11.7 Å². The number of rotatable bonds is 4. The Hall–Kier alpha value is -1.55. The van der Waals surface area contributed by atoms with Gasteiger partial charge in [0.2, 0.25) is 0 Å². The maximum absolute atomic E-state index is 12.3. The number of hydrogen-bond donors (Lipinski definition) is 1. The second-order valence-corrected chi connectivity index (χ2v) is 4.77. The molecule has 1 N–H and O–H groups in total. The van der Waals surface area contributed by atoms with Gasteiger partial charge >= 0.3 is 6.03 Å². The van der Waals surface area contributed by atoms with Gasteiger partial charge in [-0.1, -0.05) is 25.1 Å². The Balaban J connectivity index is 2.29. The summed E-state index contributed by atoms with van der Waals surface area (Å²) in [6.07, 6.45) is 1.01. The van der Waals surface area contributed by atoms with Crippen LogP contribution in [0.1, 0.15) is 18.9 Å². The first-order valence-electron chi connectivity index (χ1n) is 6.45. The van der Waals surface area contributed by atoms with Gasteiger partial charge in [0, 0.05) is 26.2 Å². The third kappa shape index (κ3) is 2.34. The molecule has 0 saturated carbocycles. The van der Waals surface area contributed by atoms with Gasteiger partial charge in [-0.2, -0.15) is 0 Å². The van der Waals surface area contributed by atoms with E-state index < -0.39 is 0 Å². The minimum Gasteiger partial charge on any atom is -0.323 e. The summed E-state index contributed by atoms with van der Waals surface area (Å²) in [5.41, 5.74) is 2.26. The largest absolute Gasteiger partial charge is 0.324 e. The van der Waals surface area contributed by atoms with Crippen LogP contribution in [0.3, 0.4) is 0 Å². The zero-order valence-electron chi connectivity index (χ0n) is 11.3. The van der Waals surface area contributed by atoms with Gasteiger partial charge in [-0.3, -0.25) is 4.90 Å². The Labute approximate surface area is 109 Å². The molecule has 98 valence electrons. The lowest BCUT2D eigenvalue weighted by molar-refractivity contribution is 0.209. The fraction of sp³-hybridized carbons (Fsp3) is 0.500. The molecule has 0 radical (unpaired) electrons. The van der Waals surface area contributed by atoms with E-state index in [1.807, 2.05) is 37.2 Å². The summed E-state index contributed by atoms with van der Waals surface area (Å²) < 4.78 is 0. The van der Waals surface area contributed by atoms with Gasteiger partial charge in [0.1, 0.15) is 0 Å². The van der Waals surface area contributed by atoms with Crippen LogP contribution in [0.5, 0.6) is 0 Å². The molecule has 0 spiro atoms. The summed E-state index contributed by atoms with van der Waals surface area (Å²) in [7, 11) is 3.80. The molecule has 18 heavy (non-hydrogen) atoms. The Morgan fingerprint density at radius 1 is 1.39 bits per heavy atom. The lowest BCUT2D eigenvalue weighted by Crippen LogP contribution is -2.50. The van der Waals surface area contributed by atoms with Crippen LogP contribution in [0.4, 0.5) is 10.5 Å². The van der Waals surface area contributed by atoms with E-state index in [1.165, 1.54) is 5.56 Å². The molecule has 0 aromatic heterocycles. The van der Waals surface area contributed by atoms with Crippen LogP contribution >= 0.6 is 0 Å². The summed E-state index contributed by atoms with van der Waals surface area (Å²) in [6, 6.07) is 8.55. The van der Waals surface area contributed by atoms with Crippen LogP contribution in [-0.4, -0.2) is 37.6 Å². The number of nitrogens with zero attached hydrogens (tertiary/aromatic N) is 2. The van der Waals surface area contributed by atoms with Crippen molar-refractivity contribution in [2.45, 2.75) is 25.9 Å². The minimum absolute atomic E-state index is 0.0856. The third-order valence-electron chi connectivity index (χ3n) is 3.55. The molecule has 1 aromatic rings. The number of carbonyl (C=O) groups excluding carboxylic acids is 1. The van der Waals surface area contributed by atoms with Crippen molar-refractivity contribution < 1.29 is 4.79 Å². The highest BCUT2D eigenvalue weighted by atomic mass is 16.2. The lowest BCUT2D eigenvalue weighted by Gasteiger charge is -2.36. The number of amides is 2. The molecule has 1 aliphatic rings. The number of likely N-dealkylation sites (N-methyl/N-ethyl adjacent to an activating group) is 1. The molecule has 0 saturated heterocycles. The molecule has 2 amide bonds. The maximum atomic E-state index is 12.3. The highest BCUT2D eigenvalue weighted by molar-refractivity contribution is 5.94. The van der Waals surface area contributed by atoms with Crippen LogP contribution in [0.25, 0.3) is 0 Å². The monoisotopic (exact) mass is 247 g/mol. The predicted molar refractivity (Wildman–Crippen MR) is 73.8 cm³/mol. The number of anilines is 1. The van der Waals surface area contributed by atoms with E-state index in [9.17, 15) is 4.79 Å². The molecule has 0 aliphatic carbocycles. The zero-order chi connectivity index (χ0) is 13.1. The quantitative estimate of drug-likeness (QED) is 0.884. The van der Waals surface area contributed by atoms with Gasteiger partial charge in [-0.05, 0) is 25.1 Å². The summed E-state index contributed by atoms with van der Waals surface area (Å²) in [5, 5.41) is 3.25. The summed E-state index contributed by atoms with van der Waals surface area (Å²) in [5.74, 6) is 0. The van der Waals surface area contributed by atoms with Crippen LogP contribution in [0.15, 0.2) is 24.3 Å². The standard InChI is InChI=1S/C14H21N3O/c1-4-12(15-2)10-17-13-8-6-5-7-11(13)9-16(3)14(17)18/h5-8,12,15H,4,9-10H2,1-3H3. The normalized spacial score (nSPS) is 16.7. The van der Waals surface area contributed by atoms with Crippen molar-refractivity contribution in [3.8, 4) is 0 Å². The molecule has 4 heteroatoms. The smallest absolute Gasteiger partial charge is 0.323 e. The lowest BCUT2D eigenvalue weighted by atomic mass is 10.1. The number of hydrogen-bond acceptors (Lipinski definition) is 2. The molecular weight excluding hydrogens is 226 g/mol. The Morgan fingerprint density at radius 2 is 2.11 bits per heavy atom. The zero-order valence-corrected chi connectivity index (χ0v) is 11.3. The van der Waals surface area contributed by atoms with Crippen LogP contribution in [0.2, 0.25) is 0 Å². The van der Waals surface area contributed by atoms with Crippen LogP contribution in [0, 0.1) is 0 Å². The molecule has 2 rings (SSSR count). The van der Waals surface area contributed by atoms with Crippen molar-refractivity contribution in [1.82, 2.24) is 10.2 Å².